The summed E-state index contributed by atoms with van der Waals surface area (Å²) in [6.45, 7) is 1.89. The topological polar surface area (TPSA) is 78.8 Å². The molecule has 21 heavy (non-hydrogen) atoms. The van der Waals surface area contributed by atoms with E-state index in [1.807, 2.05) is 11.6 Å². The van der Waals surface area contributed by atoms with Gasteiger partial charge in [-0.05, 0) is 18.6 Å². The number of amides is 2. The van der Waals surface area contributed by atoms with Gasteiger partial charge in [-0.15, -0.1) is 0 Å². The zero-order chi connectivity index (χ0) is 15.6. The molecule has 0 aromatic heterocycles. The zero-order valence-corrected chi connectivity index (χ0v) is 13.4. The van der Waals surface area contributed by atoms with E-state index in [0.29, 0.717) is 12.8 Å². The first-order chi connectivity index (χ1) is 9.86. The molecule has 9 heteroatoms. The highest BCUT2D eigenvalue weighted by atomic mass is 35.5. The molecule has 0 bridgehead atoms. The summed E-state index contributed by atoms with van der Waals surface area (Å²) in [5.74, 6) is 0. The monoisotopic (exact) mass is 349 g/mol. The third-order valence-corrected chi connectivity index (χ3v) is 5.29. The summed E-state index contributed by atoms with van der Waals surface area (Å²) >= 11 is 11.7. The third kappa shape index (κ3) is 3.30. The number of carbonyl (C=O) groups is 1. The highest BCUT2D eigenvalue weighted by molar-refractivity contribution is 7.90. The van der Waals surface area contributed by atoms with Gasteiger partial charge < -0.3 is 0 Å². The maximum atomic E-state index is 12.3. The van der Waals surface area contributed by atoms with Gasteiger partial charge in [0.05, 0.1) is 16.1 Å². The zero-order valence-electron chi connectivity index (χ0n) is 11.1. The van der Waals surface area contributed by atoms with Gasteiger partial charge in [0.1, 0.15) is 4.90 Å². The Morgan fingerprint density at radius 2 is 2.05 bits per heavy atom. The molecular formula is C12H13Cl2N3O3S. The smallest absolute Gasteiger partial charge is 0.246 e. The third-order valence-electron chi connectivity index (χ3n) is 3.02. The van der Waals surface area contributed by atoms with Crippen LogP contribution >= 0.6 is 23.2 Å². The predicted octanol–water partition coefficient (Wildman–Crippen LogP) is 2.86. The lowest BCUT2D eigenvalue weighted by molar-refractivity contribution is 0.190. The molecule has 1 unspecified atom stereocenters. The molecule has 2 rings (SSSR count). The van der Waals surface area contributed by atoms with Crippen molar-refractivity contribution < 1.29 is 13.2 Å². The molecule has 1 atom stereocenters. The molecular weight excluding hydrogens is 337 g/mol. The summed E-state index contributed by atoms with van der Waals surface area (Å²) in [5, 5.41) is 4.88. The number of carbonyl (C=O) groups excluding carboxylic acids is 1. The fourth-order valence-electron chi connectivity index (χ4n) is 1.96. The molecule has 0 saturated carbocycles. The van der Waals surface area contributed by atoms with E-state index in [1.54, 1.807) is 6.21 Å². The van der Waals surface area contributed by atoms with E-state index in [1.165, 1.54) is 18.2 Å². The number of nitrogens with zero attached hydrogens (tertiary/aromatic N) is 2. The summed E-state index contributed by atoms with van der Waals surface area (Å²) < 4.78 is 26.5. The van der Waals surface area contributed by atoms with Crippen LogP contribution in [0.15, 0.2) is 28.2 Å². The SMILES string of the molecule is CCC1CC=NN1C(=O)NS(=O)(=O)c1c(Cl)cccc1Cl. The lowest BCUT2D eigenvalue weighted by atomic mass is 10.2. The van der Waals surface area contributed by atoms with E-state index >= 15 is 0 Å². The van der Waals surface area contributed by atoms with Gasteiger partial charge >= 0.3 is 6.03 Å². The van der Waals surface area contributed by atoms with Gasteiger partial charge in [-0.25, -0.2) is 22.9 Å². The Hall–Kier alpha value is -1.31. The standard InChI is InChI=1S/C12H13Cl2N3O3S/c1-2-8-6-7-15-17(8)12(18)16-21(19,20)11-9(13)4-3-5-10(11)14/h3-5,7-8H,2,6H2,1H3,(H,16,18). The van der Waals surface area contributed by atoms with Crippen molar-refractivity contribution in [2.75, 3.05) is 0 Å². The Balaban J connectivity index is 2.26. The van der Waals surface area contributed by atoms with Crippen molar-refractivity contribution in [2.24, 2.45) is 5.10 Å². The Bertz CT molecular complexity index is 671. The molecule has 2 amide bonds. The molecule has 1 aromatic carbocycles. The number of urea groups is 1. The molecule has 114 valence electrons. The fourth-order valence-corrected chi connectivity index (χ4v) is 4.04. The van der Waals surface area contributed by atoms with Crippen molar-refractivity contribution in [3.63, 3.8) is 0 Å². The van der Waals surface area contributed by atoms with Gasteiger partial charge in [0.25, 0.3) is 10.0 Å². The first-order valence-corrected chi connectivity index (χ1v) is 8.43. The van der Waals surface area contributed by atoms with Gasteiger partial charge in [-0.1, -0.05) is 36.2 Å². The second-order valence-electron chi connectivity index (χ2n) is 4.40. The van der Waals surface area contributed by atoms with Crippen LogP contribution in [-0.2, 0) is 10.0 Å². The number of benzene rings is 1. The highest BCUT2D eigenvalue weighted by Crippen LogP contribution is 2.29. The van der Waals surface area contributed by atoms with Crippen molar-refractivity contribution >= 4 is 45.5 Å². The van der Waals surface area contributed by atoms with Crippen molar-refractivity contribution in [2.45, 2.75) is 30.7 Å². The minimum absolute atomic E-state index is 0.0558. The van der Waals surface area contributed by atoms with Crippen LogP contribution in [0.2, 0.25) is 10.0 Å². The quantitative estimate of drug-likeness (QED) is 0.910. The number of hydrogen-bond donors (Lipinski definition) is 1. The molecule has 0 radical (unpaired) electrons. The van der Waals surface area contributed by atoms with E-state index in [0.717, 1.165) is 5.01 Å². The number of sulfonamides is 1. The minimum Gasteiger partial charge on any atom is -0.246 e. The molecule has 1 N–H and O–H groups in total. The Morgan fingerprint density at radius 3 is 2.62 bits per heavy atom. The van der Waals surface area contributed by atoms with E-state index in [-0.39, 0.29) is 21.0 Å². The van der Waals surface area contributed by atoms with Crippen LogP contribution in [0.25, 0.3) is 0 Å². The summed E-state index contributed by atoms with van der Waals surface area (Å²) in [4.78, 5) is 11.7. The molecule has 1 aliphatic heterocycles. The van der Waals surface area contributed by atoms with E-state index < -0.39 is 16.1 Å². The molecule has 1 aromatic rings. The number of rotatable bonds is 3. The van der Waals surface area contributed by atoms with Gasteiger partial charge in [0, 0.05) is 12.6 Å². The second kappa shape index (κ2) is 6.21. The summed E-state index contributed by atoms with van der Waals surface area (Å²) in [7, 11) is -4.17. The average Bonchev–Trinajstić information content (AvgIpc) is 2.85. The number of hydrazone groups is 1. The van der Waals surface area contributed by atoms with Crippen LogP contribution < -0.4 is 4.72 Å². The summed E-state index contributed by atoms with van der Waals surface area (Å²) in [5.41, 5.74) is 0. The van der Waals surface area contributed by atoms with Crippen LogP contribution in [0, 0.1) is 0 Å². The van der Waals surface area contributed by atoms with E-state index in [2.05, 4.69) is 5.10 Å². The Labute approximate surface area is 132 Å². The van der Waals surface area contributed by atoms with Crippen molar-refractivity contribution in [1.29, 1.82) is 0 Å². The molecule has 0 spiro atoms. The van der Waals surface area contributed by atoms with Crippen LogP contribution in [0.1, 0.15) is 19.8 Å². The molecule has 0 aliphatic carbocycles. The first kappa shape index (κ1) is 16.1. The van der Waals surface area contributed by atoms with Crippen molar-refractivity contribution in [3.05, 3.63) is 28.2 Å². The largest absolute Gasteiger partial charge is 0.351 e. The van der Waals surface area contributed by atoms with E-state index in [9.17, 15) is 13.2 Å². The van der Waals surface area contributed by atoms with Crippen LogP contribution in [0.4, 0.5) is 4.79 Å². The molecule has 0 saturated heterocycles. The predicted molar refractivity (Wildman–Crippen MR) is 81.2 cm³/mol. The maximum absolute atomic E-state index is 12.3. The first-order valence-electron chi connectivity index (χ1n) is 6.19. The normalized spacial score (nSPS) is 18.0. The van der Waals surface area contributed by atoms with Crippen molar-refractivity contribution in [1.82, 2.24) is 9.73 Å². The van der Waals surface area contributed by atoms with E-state index in [4.69, 9.17) is 23.2 Å². The van der Waals surface area contributed by atoms with Gasteiger partial charge in [-0.3, -0.25) is 0 Å². The number of nitrogens with one attached hydrogen (secondary N) is 1. The fraction of sp³-hybridized carbons (Fsp3) is 0.333. The number of hydrogen-bond acceptors (Lipinski definition) is 4. The van der Waals surface area contributed by atoms with Crippen molar-refractivity contribution in [3.8, 4) is 0 Å². The van der Waals surface area contributed by atoms with Crippen LogP contribution in [0.5, 0.6) is 0 Å². The lowest BCUT2D eigenvalue weighted by Crippen LogP contribution is -2.43. The lowest BCUT2D eigenvalue weighted by Gasteiger charge is -2.21. The molecule has 1 heterocycles. The Morgan fingerprint density at radius 1 is 1.43 bits per heavy atom. The molecule has 6 nitrogen and oxygen atoms in total. The van der Waals surface area contributed by atoms with Gasteiger partial charge in [-0.2, -0.15) is 5.10 Å². The maximum Gasteiger partial charge on any atom is 0.351 e. The molecule has 1 aliphatic rings. The average molecular weight is 350 g/mol. The summed E-state index contributed by atoms with van der Waals surface area (Å²) in [6.07, 6.45) is 2.83. The Kier molecular flexibility index (Phi) is 4.75. The highest BCUT2D eigenvalue weighted by Gasteiger charge is 2.30. The number of halogens is 2. The van der Waals surface area contributed by atoms with Crippen LogP contribution in [0.3, 0.4) is 0 Å². The molecule has 0 fully saturated rings. The van der Waals surface area contributed by atoms with Gasteiger partial charge in [0.15, 0.2) is 0 Å². The summed E-state index contributed by atoms with van der Waals surface area (Å²) in [6, 6.07) is 3.31. The van der Waals surface area contributed by atoms with Crippen LogP contribution in [-0.4, -0.2) is 31.7 Å². The minimum atomic E-state index is -4.17. The second-order valence-corrected chi connectivity index (χ2v) is 6.84. The van der Waals surface area contributed by atoms with Gasteiger partial charge in [0.2, 0.25) is 0 Å².